The van der Waals surface area contributed by atoms with Crippen LogP contribution in [-0.4, -0.2) is 38.3 Å². The van der Waals surface area contributed by atoms with Crippen molar-refractivity contribution in [1.82, 2.24) is 4.31 Å². The van der Waals surface area contributed by atoms with Gasteiger partial charge in [0.05, 0.1) is 4.90 Å². The molecule has 3 aliphatic rings. The molecule has 1 saturated carbocycles. The van der Waals surface area contributed by atoms with Gasteiger partial charge in [-0.3, -0.25) is 4.79 Å². The Bertz CT molecular complexity index is 806. The lowest BCUT2D eigenvalue weighted by atomic mass is 9.84. The minimum absolute atomic E-state index is 0.167. The summed E-state index contributed by atoms with van der Waals surface area (Å²) in [4.78, 5) is 14.8. The van der Waals surface area contributed by atoms with Gasteiger partial charge < -0.3 is 4.90 Å². The maximum absolute atomic E-state index is 13.1. The molecule has 2 atom stereocenters. The van der Waals surface area contributed by atoms with Gasteiger partial charge in [-0.2, -0.15) is 4.31 Å². The van der Waals surface area contributed by atoms with E-state index in [1.807, 2.05) is 11.0 Å². The molecule has 0 aromatic heterocycles. The van der Waals surface area contributed by atoms with E-state index in [4.69, 9.17) is 0 Å². The molecule has 1 saturated heterocycles. The molecule has 2 aliphatic heterocycles. The van der Waals surface area contributed by atoms with E-state index in [-0.39, 0.29) is 11.8 Å². The fourth-order valence-corrected chi connectivity index (χ4v) is 6.32. The second kappa shape index (κ2) is 6.64. The zero-order valence-corrected chi connectivity index (χ0v) is 16.5. The van der Waals surface area contributed by atoms with Gasteiger partial charge in [-0.25, -0.2) is 8.42 Å². The second-order valence-electron chi connectivity index (χ2n) is 8.43. The molecule has 5 nitrogen and oxygen atoms in total. The number of hydrogen-bond donors (Lipinski definition) is 0. The summed E-state index contributed by atoms with van der Waals surface area (Å²) in [6.07, 6.45) is 4.93. The highest BCUT2D eigenvalue weighted by Gasteiger charge is 2.35. The third-order valence-corrected chi connectivity index (χ3v) is 7.97. The van der Waals surface area contributed by atoms with Crippen LogP contribution in [0.15, 0.2) is 23.1 Å². The molecular formula is C20H28N2O3S. The molecule has 4 rings (SSSR count). The fraction of sp³-hybridized carbons (Fsp3) is 0.650. The summed E-state index contributed by atoms with van der Waals surface area (Å²) in [5.41, 5.74) is 1.89. The van der Waals surface area contributed by atoms with Crippen LogP contribution in [0.2, 0.25) is 0 Å². The summed E-state index contributed by atoms with van der Waals surface area (Å²) in [5, 5.41) is 0. The molecule has 6 heteroatoms. The standard InChI is InChI=1S/C20H28N2O3S/c1-14-10-15(2)13-21(12-14)26(24,25)18-6-7-19-17(11-18)8-9-22(19)20(23)16-4-3-5-16/h6-7,11,14-16H,3-5,8-10,12-13H2,1-2H3. The summed E-state index contributed by atoms with van der Waals surface area (Å²) < 4.78 is 27.8. The maximum Gasteiger partial charge on any atom is 0.243 e. The first-order valence-corrected chi connectivity index (χ1v) is 11.2. The van der Waals surface area contributed by atoms with Gasteiger partial charge >= 0.3 is 0 Å². The number of fused-ring (bicyclic) bond motifs is 1. The predicted octanol–water partition coefficient (Wildman–Crippen LogP) is 3.04. The van der Waals surface area contributed by atoms with Gasteiger partial charge in [-0.05, 0) is 61.3 Å². The number of carbonyl (C=O) groups excluding carboxylic acids is 1. The van der Waals surface area contributed by atoms with Crippen LogP contribution in [0.5, 0.6) is 0 Å². The lowest BCUT2D eigenvalue weighted by molar-refractivity contribution is -0.124. The summed E-state index contributed by atoms with van der Waals surface area (Å²) in [6.45, 7) is 6.09. The van der Waals surface area contributed by atoms with Gasteiger partial charge in [0.2, 0.25) is 15.9 Å². The average Bonchev–Trinajstić information content (AvgIpc) is 2.95. The van der Waals surface area contributed by atoms with Crippen LogP contribution < -0.4 is 4.90 Å². The SMILES string of the molecule is CC1CC(C)CN(S(=O)(=O)c2ccc3c(c2)CCN3C(=O)C2CCC2)C1. The van der Waals surface area contributed by atoms with Crippen molar-refractivity contribution in [3.63, 3.8) is 0 Å². The van der Waals surface area contributed by atoms with E-state index in [9.17, 15) is 13.2 Å². The Balaban J connectivity index is 1.58. The first kappa shape index (κ1) is 18.0. The van der Waals surface area contributed by atoms with Crippen LogP contribution in [0.4, 0.5) is 5.69 Å². The molecule has 2 fully saturated rings. The molecule has 0 radical (unpaired) electrons. The van der Waals surface area contributed by atoms with E-state index in [0.29, 0.717) is 36.4 Å². The van der Waals surface area contributed by atoms with E-state index < -0.39 is 10.0 Å². The summed E-state index contributed by atoms with van der Waals surface area (Å²) in [7, 11) is -3.47. The number of nitrogens with zero attached hydrogens (tertiary/aromatic N) is 2. The summed E-state index contributed by atoms with van der Waals surface area (Å²) in [5.74, 6) is 1.15. The lowest BCUT2D eigenvalue weighted by Crippen LogP contribution is -2.42. The van der Waals surface area contributed by atoms with E-state index in [1.165, 1.54) is 0 Å². The molecule has 26 heavy (non-hydrogen) atoms. The highest BCUT2D eigenvalue weighted by Crippen LogP contribution is 2.36. The number of piperidine rings is 1. The average molecular weight is 377 g/mol. The topological polar surface area (TPSA) is 57.7 Å². The van der Waals surface area contributed by atoms with E-state index >= 15 is 0 Å². The molecule has 142 valence electrons. The molecular weight excluding hydrogens is 348 g/mol. The quantitative estimate of drug-likeness (QED) is 0.815. The van der Waals surface area contributed by atoms with Gasteiger partial charge in [-0.1, -0.05) is 20.3 Å². The minimum atomic E-state index is -3.47. The maximum atomic E-state index is 13.1. The summed E-state index contributed by atoms with van der Waals surface area (Å²) >= 11 is 0. The first-order chi connectivity index (χ1) is 12.4. The van der Waals surface area contributed by atoms with Gasteiger partial charge in [0.1, 0.15) is 0 Å². The van der Waals surface area contributed by atoms with Gasteiger partial charge in [0.25, 0.3) is 0 Å². The zero-order chi connectivity index (χ0) is 18.5. The smallest absolute Gasteiger partial charge is 0.243 e. The molecule has 2 heterocycles. The number of hydrogen-bond acceptors (Lipinski definition) is 3. The molecule has 1 amide bonds. The predicted molar refractivity (Wildman–Crippen MR) is 102 cm³/mol. The molecule has 2 unspecified atom stereocenters. The Morgan fingerprint density at radius 1 is 1.12 bits per heavy atom. The highest BCUT2D eigenvalue weighted by molar-refractivity contribution is 7.89. The van der Waals surface area contributed by atoms with Crippen LogP contribution in [0.1, 0.15) is 45.1 Å². The Hall–Kier alpha value is -1.40. The third kappa shape index (κ3) is 3.07. The Labute approximate surface area is 156 Å². The molecule has 0 bridgehead atoms. The monoisotopic (exact) mass is 376 g/mol. The van der Waals surface area contributed by atoms with Crippen LogP contribution in [-0.2, 0) is 21.2 Å². The van der Waals surface area contributed by atoms with Crippen LogP contribution in [0.25, 0.3) is 0 Å². The zero-order valence-electron chi connectivity index (χ0n) is 15.6. The number of carbonyl (C=O) groups is 1. The normalized spacial score (nSPS) is 27.2. The molecule has 1 aliphatic carbocycles. The van der Waals surface area contributed by atoms with Crippen LogP contribution in [0, 0.1) is 17.8 Å². The Kier molecular flexibility index (Phi) is 4.59. The highest BCUT2D eigenvalue weighted by atomic mass is 32.2. The number of amides is 1. The van der Waals surface area contributed by atoms with Crippen LogP contribution >= 0.6 is 0 Å². The molecule has 1 aromatic rings. The second-order valence-corrected chi connectivity index (χ2v) is 10.4. The van der Waals surface area contributed by atoms with Crippen molar-refractivity contribution in [3.8, 4) is 0 Å². The molecule has 1 aromatic carbocycles. The van der Waals surface area contributed by atoms with Crippen LogP contribution in [0.3, 0.4) is 0 Å². The number of benzene rings is 1. The van der Waals surface area contributed by atoms with Crippen molar-refractivity contribution in [2.45, 2.75) is 50.8 Å². The van der Waals surface area contributed by atoms with Crippen molar-refractivity contribution >= 4 is 21.6 Å². The van der Waals surface area contributed by atoms with Crippen molar-refractivity contribution in [3.05, 3.63) is 23.8 Å². The lowest BCUT2D eigenvalue weighted by Gasteiger charge is -2.34. The third-order valence-electron chi connectivity index (χ3n) is 6.14. The van der Waals surface area contributed by atoms with E-state index in [1.54, 1.807) is 16.4 Å². The number of rotatable bonds is 3. The van der Waals surface area contributed by atoms with Gasteiger partial charge in [-0.15, -0.1) is 0 Å². The minimum Gasteiger partial charge on any atom is -0.312 e. The van der Waals surface area contributed by atoms with Gasteiger partial charge in [0, 0.05) is 31.2 Å². The van der Waals surface area contributed by atoms with E-state index in [0.717, 1.165) is 43.4 Å². The molecule has 0 N–H and O–H groups in total. The fourth-order valence-electron chi connectivity index (χ4n) is 4.59. The van der Waals surface area contributed by atoms with E-state index in [2.05, 4.69) is 13.8 Å². The van der Waals surface area contributed by atoms with Crippen molar-refractivity contribution in [2.24, 2.45) is 17.8 Å². The Morgan fingerprint density at radius 2 is 1.81 bits per heavy atom. The molecule has 0 spiro atoms. The number of anilines is 1. The van der Waals surface area contributed by atoms with Crippen molar-refractivity contribution in [2.75, 3.05) is 24.5 Å². The summed E-state index contributed by atoms with van der Waals surface area (Å²) in [6, 6.07) is 5.32. The Morgan fingerprint density at radius 3 is 2.42 bits per heavy atom. The first-order valence-electron chi connectivity index (χ1n) is 9.80. The van der Waals surface area contributed by atoms with Gasteiger partial charge in [0.15, 0.2) is 0 Å². The van der Waals surface area contributed by atoms with Crippen molar-refractivity contribution in [1.29, 1.82) is 0 Å². The largest absolute Gasteiger partial charge is 0.312 e. The number of sulfonamides is 1. The van der Waals surface area contributed by atoms with Crippen molar-refractivity contribution < 1.29 is 13.2 Å².